The first-order valence-corrected chi connectivity index (χ1v) is 9.03. The third-order valence-corrected chi connectivity index (χ3v) is 4.97. The van der Waals surface area contributed by atoms with E-state index >= 15 is 0 Å². The maximum Gasteiger partial charge on any atom is 0.261 e. The van der Waals surface area contributed by atoms with Crippen molar-refractivity contribution in [2.75, 3.05) is 7.11 Å². The van der Waals surface area contributed by atoms with Crippen molar-refractivity contribution in [2.45, 2.75) is 19.4 Å². The Morgan fingerprint density at radius 2 is 1.96 bits per heavy atom. The lowest BCUT2D eigenvalue weighted by molar-refractivity contribution is 0.0935. The molecule has 2 aromatic carbocycles. The number of carbonyl (C=O) groups excluding carboxylic acids is 1. The van der Waals surface area contributed by atoms with Crippen LogP contribution in [0.1, 0.15) is 35.3 Å². The monoisotopic (exact) mass is 383 g/mol. The van der Waals surface area contributed by atoms with Crippen LogP contribution in [0.3, 0.4) is 0 Å². The number of nitrogens with zero attached hydrogens (tertiary/aromatic N) is 1. The molecule has 0 aliphatic rings. The molecule has 140 valence electrons. The number of carbonyl (C=O) groups is 1. The highest BCUT2D eigenvalue weighted by Crippen LogP contribution is 2.21. The zero-order chi connectivity index (χ0) is 19.6. The Kier molecular flexibility index (Phi) is 5.41. The molecule has 3 rings (SSSR count). The molecule has 0 radical (unpaired) electrons. The van der Waals surface area contributed by atoms with Gasteiger partial charge in [-0.15, -0.1) is 0 Å². The predicted molar refractivity (Wildman–Crippen MR) is 108 cm³/mol. The van der Waals surface area contributed by atoms with Crippen LogP contribution in [0.15, 0.2) is 47.3 Å². The Labute approximate surface area is 161 Å². The number of aromatic amines is 1. The van der Waals surface area contributed by atoms with Gasteiger partial charge in [-0.25, -0.2) is 0 Å². The van der Waals surface area contributed by atoms with E-state index in [-0.39, 0.29) is 17.5 Å². The summed E-state index contributed by atoms with van der Waals surface area (Å²) in [6.07, 6.45) is 0.745. The highest BCUT2D eigenvalue weighted by molar-refractivity contribution is 7.71. The minimum atomic E-state index is -0.209. The third kappa shape index (κ3) is 3.78. The van der Waals surface area contributed by atoms with Crippen LogP contribution in [0.5, 0.6) is 5.75 Å². The number of aromatic nitrogens is 2. The molecular weight excluding hydrogens is 362 g/mol. The SMILES string of the molecule is CCC(NC(=O)c1ccc2c(=O)n(C)c(=S)[nH]c2c1)c1ccc(OC)cc1. The van der Waals surface area contributed by atoms with Crippen LogP contribution in [-0.4, -0.2) is 22.6 Å². The summed E-state index contributed by atoms with van der Waals surface area (Å²) < 4.78 is 6.86. The van der Waals surface area contributed by atoms with Crippen molar-refractivity contribution in [1.29, 1.82) is 0 Å². The molecule has 0 aliphatic carbocycles. The van der Waals surface area contributed by atoms with Crippen molar-refractivity contribution in [3.63, 3.8) is 0 Å². The summed E-state index contributed by atoms with van der Waals surface area (Å²) in [5.41, 5.74) is 1.83. The van der Waals surface area contributed by atoms with Gasteiger partial charge in [-0.3, -0.25) is 14.2 Å². The minimum absolute atomic E-state index is 0.124. The molecule has 1 atom stereocenters. The first kappa shape index (κ1) is 18.8. The molecule has 27 heavy (non-hydrogen) atoms. The predicted octanol–water partition coefficient (Wildman–Crippen LogP) is 3.49. The molecule has 1 heterocycles. The van der Waals surface area contributed by atoms with E-state index in [0.717, 1.165) is 17.7 Å². The number of fused-ring (bicyclic) bond motifs is 1. The molecule has 0 saturated heterocycles. The lowest BCUT2D eigenvalue weighted by Crippen LogP contribution is -2.28. The van der Waals surface area contributed by atoms with Gasteiger partial charge in [0, 0.05) is 12.6 Å². The van der Waals surface area contributed by atoms with Gasteiger partial charge in [-0.05, 0) is 54.5 Å². The van der Waals surface area contributed by atoms with Crippen LogP contribution in [-0.2, 0) is 7.05 Å². The Bertz CT molecular complexity index is 1100. The summed E-state index contributed by atoms with van der Waals surface area (Å²) in [6.45, 7) is 2.01. The average molecular weight is 383 g/mol. The Hall–Kier alpha value is -2.93. The molecule has 3 aromatic rings. The minimum Gasteiger partial charge on any atom is -0.497 e. The van der Waals surface area contributed by atoms with E-state index in [1.54, 1.807) is 32.4 Å². The fourth-order valence-corrected chi connectivity index (χ4v) is 3.14. The fourth-order valence-electron chi connectivity index (χ4n) is 2.95. The van der Waals surface area contributed by atoms with Crippen molar-refractivity contribution >= 4 is 29.0 Å². The molecule has 0 bridgehead atoms. The van der Waals surface area contributed by atoms with E-state index in [2.05, 4.69) is 10.3 Å². The zero-order valence-corrected chi connectivity index (χ0v) is 16.2. The van der Waals surface area contributed by atoms with Crippen LogP contribution in [0.4, 0.5) is 0 Å². The second kappa shape index (κ2) is 7.75. The number of rotatable bonds is 5. The summed E-state index contributed by atoms with van der Waals surface area (Å²) in [5.74, 6) is 0.561. The normalized spacial score (nSPS) is 12.0. The molecule has 7 heteroatoms. The quantitative estimate of drug-likeness (QED) is 0.662. The fraction of sp³-hybridized carbons (Fsp3) is 0.250. The number of hydrogen-bond donors (Lipinski definition) is 2. The van der Waals surface area contributed by atoms with Gasteiger partial charge in [-0.1, -0.05) is 19.1 Å². The van der Waals surface area contributed by atoms with Gasteiger partial charge in [0.2, 0.25) is 0 Å². The van der Waals surface area contributed by atoms with Crippen molar-refractivity contribution in [3.05, 3.63) is 68.7 Å². The first-order chi connectivity index (χ1) is 12.9. The maximum atomic E-state index is 12.7. The topological polar surface area (TPSA) is 76.1 Å². The Morgan fingerprint density at radius 1 is 1.26 bits per heavy atom. The molecule has 1 amide bonds. The van der Waals surface area contributed by atoms with Gasteiger partial charge in [-0.2, -0.15) is 0 Å². The zero-order valence-electron chi connectivity index (χ0n) is 15.4. The molecule has 0 fully saturated rings. The van der Waals surface area contributed by atoms with E-state index < -0.39 is 0 Å². The molecule has 2 N–H and O–H groups in total. The second-order valence-electron chi connectivity index (χ2n) is 6.26. The van der Waals surface area contributed by atoms with Crippen LogP contribution in [0.2, 0.25) is 0 Å². The van der Waals surface area contributed by atoms with Gasteiger partial charge >= 0.3 is 0 Å². The molecule has 0 spiro atoms. The van der Waals surface area contributed by atoms with Crippen LogP contribution < -0.4 is 15.6 Å². The first-order valence-electron chi connectivity index (χ1n) is 8.62. The molecular formula is C20H21N3O3S. The van der Waals surface area contributed by atoms with Gasteiger partial charge < -0.3 is 15.0 Å². The largest absolute Gasteiger partial charge is 0.497 e. The van der Waals surface area contributed by atoms with Crippen LogP contribution >= 0.6 is 12.2 Å². The van der Waals surface area contributed by atoms with Crippen molar-refractivity contribution in [1.82, 2.24) is 14.9 Å². The smallest absolute Gasteiger partial charge is 0.261 e. The number of nitrogens with one attached hydrogen (secondary N) is 2. The van der Waals surface area contributed by atoms with E-state index in [9.17, 15) is 9.59 Å². The molecule has 6 nitrogen and oxygen atoms in total. The van der Waals surface area contributed by atoms with Gasteiger partial charge in [0.15, 0.2) is 4.77 Å². The van der Waals surface area contributed by atoms with Gasteiger partial charge in [0.1, 0.15) is 5.75 Å². The number of hydrogen-bond acceptors (Lipinski definition) is 4. The van der Waals surface area contributed by atoms with E-state index in [0.29, 0.717) is 21.2 Å². The average Bonchev–Trinajstić information content (AvgIpc) is 2.69. The summed E-state index contributed by atoms with van der Waals surface area (Å²) in [6, 6.07) is 12.4. The van der Waals surface area contributed by atoms with E-state index in [1.807, 2.05) is 31.2 Å². The van der Waals surface area contributed by atoms with Crippen molar-refractivity contribution < 1.29 is 9.53 Å². The number of amides is 1. The molecule has 0 saturated carbocycles. The summed E-state index contributed by atoms with van der Waals surface area (Å²) in [5, 5.41) is 3.53. The lowest BCUT2D eigenvalue weighted by Gasteiger charge is -2.18. The lowest BCUT2D eigenvalue weighted by atomic mass is 10.0. The highest BCUT2D eigenvalue weighted by atomic mass is 32.1. The van der Waals surface area contributed by atoms with E-state index in [1.165, 1.54) is 4.57 Å². The third-order valence-electron chi connectivity index (χ3n) is 4.59. The van der Waals surface area contributed by atoms with Crippen molar-refractivity contribution in [2.24, 2.45) is 7.05 Å². The van der Waals surface area contributed by atoms with Crippen LogP contribution in [0, 0.1) is 4.77 Å². The summed E-state index contributed by atoms with van der Waals surface area (Å²) in [4.78, 5) is 28.0. The molecule has 0 aliphatic heterocycles. The standard InChI is InChI=1S/C20H21N3O3S/c1-4-16(12-5-8-14(26-3)9-6-12)21-18(24)13-7-10-15-17(11-13)22-20(27)23(2)19(15)25/h5-11,16H,4H2,1-3H3,(H,21,24)(H,22,27). The number of ether oxygens (including phenoxy) is 1. The maximum absolute atomic E-state index is 12.7. The Morgan fingerprint density at radius 3 is 2.59 bits per heavy atom. The van der Waals surface area contributed by atoms with Gasteiger partial charge in [0.05, 0.1) is 24.1 Å². The number of benzene rings is 2. The molecule has 1 aromatic heterocycles. The van der Waals surface area contributed by atoms with E-state index in [4.69, 9.17) is 17.0 Å². The highest BCUT2D eigenvalue weighted by Gasteiger charge is 2.15. The second-order valence-corrected chi connectivity index (χ2v) is 6.65. The summed E-state index contributed by atoms with van der Waals surface area (Å²) >= 11 is 5.15. The molecule has 1 unspecified atom stereocenters. The van der Waals surface area contributed by atoms with Crippen molar-refractivity contribution in [3.8, 4) is 5.75 Å². The van der Waals surface area contributed by atoms with Crippen LogP contribution in [0.25, 0.3) is 10.9 Å². The summed E-state index contributed by atoms with van der Waals surface area (Å²) in [7, 11) is 3.23. The number of methoxy groups -OCH3 is 1. The van der Waals surface area contributed by atoms with Gasteiger partial charge in [0.25, 0.3) is 11.5 Å². The Balaban J connectivity index is 1.89. The number of H-pyrrole nitrogens is 1.